The Morgan fingerprint density at radius 3 is 2.73 bits per heavy atom. The van der Waals surface area contributed by atoms with Gasteiger partial charge in [0.25, 0.3) is 0 Å². The van der Waals surface area contributed by atoms with Gasteiger partial charge in [-0.25, -0.2) is 9.98 Å². The Balaban J connectivity index is 1.95. The highest BCUT2D eigenvalue weighted by atomic mass is 16.5. The topological polar surface area (TPSA) is 91.9 Å². The molecule has 2 rings (SSSR count). The SMILES string of the molecule is CCNC(=NCc1ccc(OC(C)C)nc1)NCC(C)(O)c1ccco1. The van der Waals surface area contributed by atoms with E-state index in [1.165, 1.54) is 0 Å². The highest BCUT2D eigenvalue weighted by molar-refractivity contribution is 5.79. The number of aliphatic hydroxyl groups is 1. The van der Waals surface area contributed by atoms with Crippen molar-refractivity contribution in [1.29, 1.82) is 0 Å². The van der Waals surface area contributed by atoms with E-state index in [0.29, 0.717) is 30.7 Å². The normalized spacial score (nSPS) is 14.2. The lowest BCUT2D eigenvalue weighted by atomic mass is 10.0. The summed E-state index contributed by atoms with van der Waals surface area (Å²) >= 11 is 0. The molecule has 0 amide bonds. The lowest BCUT2D eigenvalue weighted by molar-refractivity contribution is 0.0386. The average Bonchev–Trinajstić information content (AvgIpc) is 3.14. The number of rotatable bonds is 8. The van der Waals surface area contributed by atoms with Crippen molar-refractivity contribution in [3.05, 3.63) is 48.0 Å². The summed E-state index contributed by atoms with van der Waals surface area (Å²) in [6.45, 7) is 9.06. The van der Waals surface area contributed by atoms with Gasteiger partial charge in [-0.05, 0) is 45.4 Å². The first-order chi connectivity index (χ1) is 12.4. The van der Waals surface area contributed by atoms with Crippen molar-refractivity contribution in [1.82, 2.24) is 15.6 Å². The minimum Gasteiger partial charge on any atom is -0.475 e. The quantitative estimate of drug-likeness (QED) is 0.495. The number of hydrogen-bond donors (Lipinski definition) is 3. The average molecular weight is 360 g/mol. The Kier molecular flexibility index (Phi) is 7.03. The summed E-state index contributed by atoms with van der Waals surface area (Å²) in [7, 11) is 0. The number of pyridine rings is 1. The second kappa shape index (κ2) is 9.24. The number of aromatic nitrogens is 1. The van der Waals surface area contributed by atoms with E-state index in [2.05, 4.69) is 20.6 Å². The van der Waals surface area contributed by atoms with E-state index in [1.807, 2.05) is 32.9 Å². The van der Waals surface area contributed by atoms with Gasteiger partial charge in [0.05, 0.1) is 25.5 Å². The third-order valence-corrected chi connectivity index (χ3v) is 3.57. The van der Waals surface area contributed by atoms with Gasteiger partial charge in [0.1, 0.15) is 11.4 Å². The highest BCUT2D eigenvalue weighted by Gasteiger charge is 2.26. The molecule has 0 spiro atoms. The second-order valence-corrected chi connectivity index (χ2v) is 6.47. The van der Waals surface area contributed by atoms with Gasteiger partial charge in [0, 0.05) is 18.8 Å². The van der Waals surface area contributed by atoms with E-state index in [9.17, 15) is 5.11 Å². The van der Waals surface area contributed by atoms with Crippen molar-refractivity contribution < 1.29 is 14.3 Å². The number of ether oxygens (including phenoxy) is 1. The number of guanidine groups is 1. The van der Waals surface area contributed by atoms with Crippen LogP contribution in [0.1, 0.15) is 39.0 Å². The Morgan fingerprint density at radius 2 is 2.15 bits per heavy atom. The van der Waals surface area contributed by atoms with Crippen molar-refractivity contribution in [2.24, 2.45) is 4.99 Å². The van der Waals surface area contributed by atoms with Crippen LogP contribution in [0.25, 0.3) is 0 Å². The zero-order chi connectivity index (χ0) is 19.0. The lowest BCUT2D eigenvalue weighted by Crippen LogP contribution is -2.44. The molecule has 0 fully saturated rings. The van der Waals surface area contributed by atoms with Crippen molar-refractivity contribution >= 4 is 5.96 Å². The third-order valence-electron chi connectivity index (χ3n) is 3.57. The van der Waals surface area contributed by atoms with E-state index in [1.54, 1.807) is 31.5 Å². The molecule has 0 aliphatic rings. The maximum absolute atomic E-state index is 10.5. The molecule has 1 atom stereocenters. The summed E-state index contributed by atoms with van der Waals surface area (Å²) in [5.41, 5.74) is -0.159. The summed E-state index contributed by atoms with van der Waals surface area (Å²) in [6, 6.07) is 7.28. The minimum atomic E-state index is -1.13. The molecule has 3 N–H and O–H groups in total. The number of nitrogens with zero attached hydrogens (tertiary/aromatic N) is 2. The van der Waals surface area contributed by atoms with Crippen LogP contribution in [0, 0.1) is 0 Å². The van der Waals surface area contributed by atoms with E-state index in [0.717, 1.165) is 5.56 Å². The molecular formula is C19H28N4O3. The smallest absolute Gasteiger partial charge is 0.213 e. The fourth-order valence-corrected chi connectivity index (χ4v) is 2.26. The molecular weight excluding hydrogens is 332 g/mol. The number of hydrogen-bond acceptors (Lipinski definition) is 5. The van der Waals surface area contributed by atoms with Crippen molar-refractivity contribution in [2.75, 3.05) is 13.1 Å². The highest BCUT2D eigenvalue weighted by Crippen LogP contribution is 2.19. The van der Waals surface area contributed by atoms with Crippen molar-refractivity contribution in [2.45, 2.75) is 45.9 Å². The van der Waals surface area contributed by atoms with Crippen LogP contribution in [0.3, 0.4) is 0 Å². The summed E-state index contributed by atoms with van der Waals surface area (Å²) in [6.07, 6.45) is 3.39. The molecule has 0 radical (unpaired) electrons. The van der Waals surface area contributed by atoms with Gasteiger partial charge in [-0.1, -0.05) is 6.07 Å². The fraction of sp³-hybridized carbons (Fsp3) is 0.474. The Labute approximate surface area is 154 Å². The van der Waals surface area contributed by atoms with Gasteiger partial charge in [-0.15, -0.1) is 0 Å². The van der Waals surface area contributed by atoms with Crippen LogP contribution in [-0.2, 0) is 12.1 Å². The van der Waals surface area contributed by atoms with Crippen LogP contribution < -0.4 is 15.4 Å². The number of nitrogens with one attached hydrogen (secondary N) is 2. The van der Waals surface area contributed by atoms with E-state index in [4.69, 9.17) is 9.15 Å². The second-order valence-electron chi connectivity index (χ2n) is 6.47. The van der Waals surface area contributed by atoms with Crippen LogP contribution >= 0.6 is 0 Å². The van der Waals surface area contributed by atoms with Crippen LogP contribution in [0.15, 0.2) is 46.1 Å². The first-order valence-corrected chi connectivity index (χ1v) is 8.81. The standard InChI is InChI=1S/C19H28N4O3/c1-5-20-18(23-13-19(4,24)16-7-6-10-25-16)22-12-15-8-9-17(21-11-15)26-14(2)3/h6-11,14,24H,5,12-13H2,1-4H3,(H2,20,22,23). The zero-order valence-corrected chi connectivity index (χ0v) is 15.8. The van der Waals surface area contributed by atoms with Crippen LogP contribution in [0.5, 0.6) is 5.88 Å². The van der Waals surface area contributed by atoms with Crippen molar-refractivity contribution in [3.63, 3.8) is 0 Å². The summed E-state index contributed by atoms with van der Waals surface area (Å²) < 4.78 is 10.8. The van der Waals surface area contributed by atoms with Gasteiger partial charge < -0.3 is 24.9 Å². The predicted octanol–water partition coefficient (Wildman–Crippen LogP) is 2.42. The molecule has 0 saturated heterocycles. The molecule has 7 heteroatoms. The minimum absolute atomic E-state index is 0.0953. The molecule has 2 aromatic rings. The van der Waals surface area contributed by atoms with Crippen LogP contribution in [0.4, 0.5) is 0 Å². The lowest BCUT2D eigenvalue weighted by Gasteiger charge is -2.22. The molecule has 142 valence electrons. The van der Waals surface area contributed by atoms with E-state index < -0.39 is 5.60 Å². The number of furan rings is 1. The monoisotopic (exact) mass is 360 g/mol. The molecule has 0 bridgehead atoms. The largest absolute Gasteiger partial charge is 0.475 e. The van der Waals surface area contributed by atoms with Gasteiger partial charge >= 0.3 is 0 Å². The summed E-state index contributed by atoms with van der Waals surface area (Å²) in [4.78, 5) is 8.81. The van der Waals surface area contributed by atoms with Crippen LogP contribution in [-0.4, -0.2) is 35.2 Å². The first kappa shape index (κ1) is 19.8. The maximum atomic E-state index is 10.5. The van der Waals surface area contributed by atoms with Crippen molar-refractivity contribution in [3.8, 4) is 5.88 Å². The maximum Gasteiger partial charge on any atom is 0.213 e. The molecule has 0 aliphatic heterocycles. The number of aliphatic imine (C=N–C) groups is 1. The molecule has 0 aliphatic carbocycles. The molecule has 2 aromatic heterocycles. The van der Waals surface area contributed by atoms with E-state index in [-0.39, 0.29) is 12.6 Å². The van der Waals surface area contributed by atoms with E-state index >= 15 is 0 Å². The Bertz CT molecular complexity index is 679. The van der Waals surface area contributed by atoms with Gasteiger partial charge in [-0.3, -0.25) is 0 Å². The molecule has 0 aromatic carbocycles. The van der Waals surface area contributed by atoms with Gasteiger partial charge in [0.2, 0.25) is 5.88 Å². The Hall–Kier alpha value is -2.54. The third kappa shape index (κ3) is 6.07. The first-order valence-electron chi connectivity index (χ1n) is 8.81. The molecule has 0 saturated carbocycles. The molecule has 2 heterocycles. The fourth-order valence-electron chi connectivity index (χ4n) is 2.26. The Morgan fingerprint density at radius 1 is 1.35 bits per heavy atom. The van der Waals surface area contributed by atoms with Gasteiger partial charge in [-0.2, -0.15) is 0 Å². The van der Waals surface area contributed by atoms with Gasteiger partial charge in [0.15, 0.2) is 5.96 Å². The summed E-state index contributed by atoms with van der Waals surface area (Å²) in [5.74, 6) is 1.72. The summed E-state index contributed by atoms with van der Waals surface area (Å²) in [5, 5.41) is 16.8. The molecule has 1 unspecified atom stereocenters. The molecule has 7 nitrogen and oxygen atoms in total. The van der Waals surface area contributed by atoms with Crippen LogP contribution in [0.2, 0.25) is 0 Å². The zero-order valence-electron chi connectivity index (χ0n) is 15.8. The molecule has 26 heavy (non-hydrogen) atoms. The predicted molar refractivity (Wildman–Crippen MR) is 101 cm³/mol.